The molecule has 7 heteroatoms. The molecule has 1 aromatic carbocycles. The Morgan fingerprint density at radius 2 is 2.12 bits per heavy atom. The Balaban J connectivity index is 1.65. The summed E-state index contributed by atoms with van der Waals surface area (Å²) in [6.07, 6.45) is 1.09. The lowest BCUT2D eigenvalue weighted by Crippen LogP contribution is -2.21. The zero-order valence-corrected chi connectivity index (χ0v) is 14.5. The van der Waals surface area contributed by atoms with Gasteiger partial charge in [-0.2, -0.15) is 5.10 Å². The van der Waals surface area contributed by atoms with Gasteiger partial charge < -0.3 is 9.47 Å². The zero-order valence-electron chi connectivity index (χ0n) is 13.7. The first kappa shape index (κ1) is 16.4. The van der Waals surface area contributed by atoms with Gasteiger partial charge in [0.1, 0.15) is 0 Å². The number of benzene rings is 1. The molecule has 0 saturated carbocycles. The van der Waals surface area contributed by atoms with Crippen molar-refractivity contribution in [2.75, 3.05) is 13.2 Å². The molecular weight excluding hydrogens is 326 g/mol. The highest BCUT2D eigenvalue weighted by atomic mass is 32.1. The lowest BCUT2D eigenvalue weighted by molar-refractivity contribution is -0.120. The van der Waals surface area contributed by atoms with E-state index in [1.165, 1.54) is 11.3 Å². The van der Waals surface area contributed by atoms with Gasteiger partial charge in [-0.1, -0.05) is 0 Å². The van der Waals surface area contributed by atoms with Crippen molar-refractivity contribution in [3.05, 3.63) is 39.8 Å². The number of aryl methyl sites for hydroxylation is 1. The zero-order chi connectivity index (χ0) is 16.9. The molecule has 1 N–H and O–H groups in total. The Labute approximate surface area is 144 Å². The number of ether oxygens (including phenoxy) is 2. The molecule has 0 atom stereocenters. The first-order valence-electron chi connectivity index (χ1n) is 7.76. The largest absolute Gasteiger partial charge is 0.490 e. The van der Waals surface area contributed by atoms with Gasteiger partial charge in [0.05, 0.1) is 36.0 Å². The first-order chi connectivity index (χ1) is 11.6. The van der Waals surface area contributed by atoms with Gasteiger partial charge in [-0.05, 0) is 32.0 Å². The first-order valence-corrected chi connectivity index (χ1v) is 8.64. The van der Waals surface area contributed by atoms with Gasteiger partial charge >= 0.3 is 0 Å². The number of fused-ring (bicyclic) bond motifs is 1. The number of amides is 1. The minimum atomic E-state index is -0.186. The van der Waals surface area contributed by atoms with Crippen molar-refractivity contribution < 1.29 is 14.3 Å². The molecular formula is C17H19N3O3S. The Bertz CT molecular complexity index is 770. The predicted molar refractivity (Wildman–Crippen MR) is 93.0 cm³/mol. The average molecular weight is 345 g/mol. The lowest BCUT2D eigenvalue weighted by atomic mass is 10.1. The maximum atomic E-state index is 11.9. The third kappa shape index (κ3) is 4.11. The van der Waals surface area contributed by atoms with Crippen molar-refractivity contribution in [3.63, 3.8) is 0 Å². The van der Waals surface area contributed by atoms with Gasteiger partial charge in [0.15, 0.2) is 11.5 Å². The summed E-state index contributed by atoms with van der Waals surface area (Å²) in [6, 6.07) is 5.66. The molecule has 0 bridgehead atoms. The minimum Gasteiger partial charge on any atom is -0.490 e. The van der Waals surface area contributed by atoms with Crippen molar-refractivity contribution in [1.82, 2.24) is 10.4 Å². The van der Waals surface area contributed by atoms with Crippen LogP contribution in [0.1, 0.15) is 29.6 Å². The van der Waals surface area contributed by atoms with E-state index >= 15 is 0 Å². The average Bonchev–Trinajstić information content (AvgIpc) is 2.84. The molecule has 1 aromatic heterocycles. The molecule has 2 heterocycles. The van der Waals surface area contributed by atoms with Crippen LogP contribution in [-0.2, 0) is 11.2 Å². The summed E-state index contributed by atoms with van der Waals surface area (Å²) < 4.78 is 11.3. The number of nitrogens with zero attached hydrogens (tertiary/aromatic N) is 2. The van der Waals surface area contributed by atoms with E-state index in [2.05, 4.69) is 15.5 Å². The van der Waals surface area contributed by atoms with Crippen LogP contribution < -0.4 is 14.9 Å². The van der Waals surface area contributed by atoms with Gasteiger partial charge in [-0.15, -0.1) is 11.3 Å². The van der Waals surface area contributed by atoms with E-state index in [1.54, 1.807) is 0 Å². The molecule has 1 aliphatic heterocycles. The van der Waals surface area contributed by atoms with Crippen LogP contribution in [0.15, 0.2) is 28.7 Å². The molecule has 0 radical (unpaired) electrons. The van der Waals surface area contributed by atoms with E-state index in [9.17, 15) is 4.79 Å². The molecule has 0 saturated heterocycles. The highest BCUT2D eigenvalue weighted by Gasteiger charge is 2.12. The second kappa shape index (κ2) is 7.44. The topological polar surface area (TPSA) is 72.8 Å². The van der Waals surface area contributed by atoms with E-state index in [4.69, 9.17) is 9.47 Å². The Hall–Kier alpha value is -2.41. The summed E-state index contributed by atoms with van der Waals surface area (Å²) in [7, 11) is 0. The van der Waals surface area contributed by atoms with Crippen LogP contribution in [0.2, 0.25) is 0 Å². The molecule has 0 aliphatic carbocycles. The highest BCUT2D eigenvalue weighted by Crippen LogP contribution is 2.30. The molecule has 0 unspecified atom stereocenters. The van der Waals surface area contributed by atoms with Crippen LogP contribution in [0.4, 0.5) is 0 Å². The molecule has 24 heavy (non-hydrogen) atoms. The maximum absolute atomic E-state index is 11.9. The van der Waals surface area contributed by atoms with Crippen molar-refractivity contribution in [2.45, 2.75) is 26.7 Å². The fourth-order valence-electron chi connectivity index (χ4n) is 2.29. The fourth-order valence-corrected chi connectivity index (χ4v) is 2.91. The normalized spacial score (nSPS) is 14.2. The molecule has 126 valence electrons. The molecule has 2 aromatic rings. The molecule has 0 spiro atoms. The van der Waals surface area contributed by atoms with E-state index in [0.29, 0.717) is 24.7 Å². The molecule has 0 fully saturated rings. The van der Waals surface area contributed by atoms with Crippen molar-refractivity contribution in [3.8, 4) is 11.5 Å². The highest BCUT2D eigenvalue weighted by molar-refractivity contribution is 7.09. The lowest BCUT2D eigenvalue weighted by Gasteiger charge is -2.09. The number of hydrogen-bond acceptors (Lipinski definition) is 6. The number of hydrogen-bond donors (Lipinski definition) is 1. The number of carbonyl (C=O) groups is 1. The number of aromatic nitrogens is 1. The Morgan fingerprint density at radius 3 is 2.88 bits per heavy atom. The van der Waals surface area contributed by atoms with E-state index in [1.807, 2.05) is 37.4 Å². The Morgan fingerprint density at radius 1 is 1.33 bits per heavy atom. The summed E-state index contributed by atoms with van der Waals surface area (Å²) in [5.74, 6) is 1.27. The van der Waals surface area contributed by atoms with Crippen molar-refractivity contribution in [1.29, 1.82) is 0 Å². The number of carbonyl (C=O) groups excluding carboxylic acids is 1. The number of thiazole rings is 1. The van der Waals surface area contributed by atoms with Crippen molar-refractivity contribution in [2.24, 2.45) is 5.10 Å². The maximum Gasteiger partial charge on any atom is 0.246 e. The third-order valence-electron chi connectivity index (χ3n) is 3.52. The monoisotopic (exact) mass is 345 g/mol. The summed E-state index contributed by atoms with van der Waals surface area (Å²) in [5.41, 5.74) is 4.92. The van der Waals surface area contributed by atoms with Gasteiger partial charge in [0.25, 0.3) is 0 Å². The summed E-state index contributed by atoms with van der Waals surface area (Å²) in [4.78, 5) is 16.2. The minimum absolute atomic E-state index is 0.186. The predicted octanol–water partition coefficient (Wildman–Crippen LogP) is 2.70. The second-order valence-corrected chi connectivity index (χ2v) is 6.54. The van der Waals surface area contributed by atoms with Crippen LogP contribution in [0.3, 0.4) is 0 Å². The summed E-state index contributed by atoms with van der Waals surface area (Å²) in [6.45, 7) is 5.05. The Kier molecular flexibility index (Phi) is 5.10. The van der Waals surface area contributed by atoms with Crippen molar-refractivity contribution >= 4 is 23.0 Å². The van der Waals surface area contributed by atoms with E-state index in [0.717, 1.165) is 28.4 Å². The van der Waals surface area contributed by atoms with E-state index in [-0.39, 0.29) is 12.3 Å². The van der Waals surface area contributed by atoms with Gasteiger partial charge in [0, 0.05) is 17.4 Å². The second-order valence-electron chi connectivity index (χ2n) is 5.48. The summed E-state index contributed by atoms with van der Waals surface area (Å²) in [5, 5.41) is 7.00. The van der Waals surface area contributed by atoms with Gasteiger partial charge in [-0.3, -0.25) is 4.79 Å². The number of rotatable bonds is 4. The van der Waals surface area contributed by atoms with Crippen LogP contribution in [0.25, 0.3) is 0 Å². The van der Waals surface area contributed by atoms with Crippen LogP contribution in [-0.4, -0.2) is 29.8 Å². The SMILES string of the molecule is C/C(=N/NC(=O)Cc1csc(C)n1)c1ccc2c(c1)OCCCO2. The molecule has 3 rings (SSSR count). The standard InChI is InChI=1S/C17H19N3O3S/c1-11(19-20-17(21)9-14-10-24-12(2)18-14)13-4-5-15-16(8-13)23-7-3-6-22-15/h4-5,8,10H,3,6-7,9H2,1-2H3,(H,20,21)/b19-11-. The van der Waals surface area contributed by atoms with Crippen LogP contribution in [0, 0.1) is 6.92 Å². The quantitative estimate of drug-likeness (QED) is 0.683. The smallest absolute Gasteiger partial charge is 0.246 e. The number of nitrogens with one attached hydrogen (secondary N) is 1. The number of hydrazone groups is 1. The van der Waals surface area contributed by atoms with Crippen LogP contribution >= 0.6 is 11.3 Å². The molecule has 6 nitrogen and oxygen atoms in total. The molecule has 1 amide bonds. The van der Waals surface area contributed by atoms with E-state index < -0.39 is 0 Å². The van der Waals surface area contributed by atoms with Crippen LogP contribution in [0.5, 0.6) is 11.5 Å². The third-order valence-corrected chi connectivity index (χ3v) is 4.34. The van der Waals surface area contributed by atoms with Gasteiger partial charge in [-0.25, -0.2) is 10.4 Å². The fraction of sp³-hybridized carbons (Fsp3) is 0.353. The summed E-state index contributed by atoms with van der Waals surface area (Å²) >= 11 is 1.53. The molecule has 1 aliphatic rings. The van der Waals surface area contributed by atoms with Gasteiger partial charge in [0.2, 0.25) is 5.91 Å².